The predicted octanol–water partition coefficient (Wildman–Crippen LogP) is 1.93. The lowest BCUT2D eigenvalue weighted by molar-refractivity contribution is 0.0426. The average molecular weight is 301 g/mol. The summed E-state index contributed by atoms with van der Waals surface area (Å²) in [6.07, 6.45) is 0.481. The third kappa shape index (κ3) is 5.77. The van der Waals surface area contributed by atoms with E-state index >= 15 is 0 Å². The first-order valence-electron chi connectivity index (χ1n) is 6.85. The average Bonchev–Trinajstić information content (AvgIpc) is 2.41. The van der Waals surface area contributed by atoms with Crippen molar-refractivity contribution in [1.82, 2.24) is 10.2 Å². The van der Waals surface area contributed by atoms with E-state index < -0.39 is 6.10 Å². The lowest BCUT2D eigenvalue weighted by atomic mass is 10.0. The van der Waals surface area contributed by atoms with E-state index in [1.807, 2.05) is 38.4 Å². The zero-order valence-corrected chi connectivity index (χ0v) is 13.2. The van der Waals surface area contributed by atoms with Crippen LogP contribution in [0.25, 0.3) is 0 Å². The normalized spacial score (nSPS) is 14.5. The monoisotopic (exact) mass is 300 g/mol. The number of nitrogens with one attached hydrogen (secondary N) is 1. The van der Waals surface area contributed by atoms with Gasteiger partial charge in [-0.1, -0.05) is 29.8 Å². The molecule has 0 bridgehead atoms. The van der Waals surface area contributed by atoms with Gasteiger partial charge in [0.15, 0.2) is 0 Å². The second-order valence-electron chi connectivity index (χ2n) is 5.02. The number of halogens is 1. The van der Waals surface area contributed by atoms with Crippen LogP contribution >= 0.6 is 11.6 Å². The Hall–Kier alpha value is -0.650. The van der Waals surface area contributed by atoms with Gasteiger partial charge in [-0.15, -0.1) is 0 Å². The number of likely N-dealkylation sites (N-methyl/N-ethyl adjacent to an activating group) is 1. The van der Waals surface area contributed by atoms with E-state index in [9.17, 15) is 5.11 Å². The SMILES string of the molecule is CNC(CCN(C)CC(O)COC)c1ccccc1Cl. The highest BCUT2D eigenvalue weighted by Gasteiger charge is 2.14. The molecule has 0 saturated heterocycles. The first-order chi connectivity index (χ1) is 9.58. The van der Waals surface area contributed by atoms with Gasteiger partial charge in [-0.25, -0.2) is 0 Å². The molecule has 4 nitrogen and oxygen atoms in total. The minimum absolute atomic E-state index is 0.214. The largest absolute Gasteiger partial charge is 0.389 e. The molecule has 2 N–H and O–H groups in total. The smallest absolute Gasteiger partial charge is 0.0899 e. The summed E-state index contributed by atoms with van der Waals surface area (Å²) in [5.74, 6) is 0. The molecule has 2 atom stereocenters. The molecule has 0 spiro atoms. The third-order valence-electron chi connectivity index (χ3n) is 3.31. The predicted molar refractivity (Wildman–Crippen MR) is 83.2 cm³/mol. The van der Waals surface area contributed by atoms with Gasteiger partial charge < -0.3 is 20.1 Å². The Labute approximate surface area is 126 Å². The zero-order valence-electron chi connectivity index (χ0n) is 12.5. The van der Waals surface area contributed by atoms with Gasteiger partial charge in [0.25, 0.3) is 0 Å². The van der Waals surface area contributed by atoms with Gasteiger partial charge in [0.1, 0.15) is 0 Å². The molecule has 0 heterocycles. The van der Waals surface area contributed by atoms with E-state index in [2.05, 4.69) is 10.2 Å². The van der Waals surface area contributed by atoms with E-state index in [1.54, 1.807) is 7.11 Å². The second kappa shape index (κ2) is 9.32. The summed E-state index contributed by atoms with van der Waals surface area (Å²) >= 11 is 6.23. The fraction of sp³-hybridized carbons (Fsp3) is 0.600. The summed E-state index contributed by atoms with van der Waals surface area (Å²) in [6.45, 7) is 1.84. The molecule has 0 amide bonds. The molecule has 5 heteroatoms. The van der Waals surface area contributed by atoms with Gasteiger partial charge >= 0.3 is 0 Å². The molecular weight excluding hydrogens is 276 g/mol. The van der Waals surface area contributed by atoms with Crippen LogP contribution < -0.4 is 5.32 Å². The second-order valence-corrected chi connectivity index (χ2v) is 5.43. The Morgan fingerprint density at radius 3 is 2.70 bits per heavy atom. The molecule has 114 valence electrons. The molecule has 0 saturated carbocycles. The van der Waals surface area contributed by atoms with Crippen molar-refractivity contribution in [2.24, 2.45) is 0 Å². The van der Waals surface area contributed by atoms with Crippen LogP contribution in [0.2, 0.25) is 5.02 Å². The molecule has 0 fully saturated rings. The van der Waals surface area contributed by atoms with Crippen molar-refractivity contribution in [3.05, 3.63) is 34.9 Å². The maximum atomic E-state index is 9.70. The van der Waals surface area contributed by atoms with E-state index in [-0.39, 0.29) is 6.04 Å². The fourth-order valence-corrected chi connectivity index (χ4v) is 2.53. The Balaban J connectivity index is 2.47. The van der Waals surface area contributed by atoms with Crippen LogP contribution in [-0.4, -0.2) is 57.0 Å². The van der Waals surface area contributed by atoms with Crippen LogP contribution in [0.1, 0.15) is 18.0 Å². The number of ether oxygens (including phenoxy) is 1. The lowest BCUT2D eigenvalue weighted by Crippen LogP contribution is -2.34. The molecule has 0 aromatic heterocycles. The van der Waals surface area contributed by atoms with Crippen LogP contribution in [0, 0.1) is 0 Å². The van der Waals surface area contributed by atoms with E-state index in [1.165, 1.54) is 0 Å². The molecule has 0 aliphatic rings. The van der Waals surface area contributed by atoms with E-state index in [0.29, 0.717) is 13.2 Å². The molecule has 20 heavy (non-hydrogen) atoms. The van der Waals surface area contributed by atoms with Crippen LogP contribution in [-0.2, 0) is 4.74 Å². The topological polar surface area (TPSA) is 44.7 Å². The molecule has 2 unspecified atom stereocenters. The highest BCUT2D eigenvalue weighted by atomic mass is 35.5. The van der Waals surface area contributed by atoms with Crippen LogP contribution in [0.15, 0.2) is 24.3 Å². The van der Waals surface area contributed by atoms with Crippen LogP contribution in [0.4, 0.5) is 0 Å². The number of hydrogen-bond acceptors (Lipinski definition) is 4. The minimum Gasteiger partial charge on any atom is -0.389 e. The molecule has 1 rings (SSSR count). The fourth-order valence-electron chi connectivity index (χ4n) is 2.26. The highest BCUT2D eigenvalue weighted by molar-refractivity contribution is 6.31. The molecule has 1 aromatic rings. The Morgan fingerprint density at radius 2 is 2.10 bits per heavy atom. The van der Waals surface area contributed by atoms with Crippen molar-refractivity contribution in [3.8, 4) is 0 Å². The Morgan fingerprint density at radius 1 is 1.40 bits per heavy atom. The third-order valence-corrected chi connectivity index (χ3v) is 3.65. The molecule has 0 aliphatic heterocycles. The standard InChI is InChI=1S/C15H25ClN2O2/c1-17-15(13-6-4-5-7-14(13)16)8-9-18(2)10-12(19)11-20-3/h4-7,12,15,17,19H,8-11H2,1-3H3. The van der Waals surface area contributed by atoms with Gasteiger partial charge in [-0.2, -0.15) is 0 Å². The van der Waals surface area contributed by atoms with Crippen molar-refractivity contribution in [3.63, 3.8) is 0 Å². The summed E-state index contributed by atoms with van der Waals surface area (Å²) in [5.41, 5.74) is 1.11. The van der Waals surface area contributed by atoms with Gasteiger partial charge in [-0.05, 0) is 38.7 Å². The van der Waals surface area contributed by atoms with Gasteiger partial charge in [0, 0.05) is 24.7 Å². The van der Waals surface area contributed by atoms with E-state index in [4.69, 9.17) is 16.3 Å². The quantitative estimate of drug-likeness (QED) is 0.731. The number of hydrogen-bond donors (Lipinski definition) is 2. The van der Waals surface area contributed by atoms with Crippen molar-refractivity contribution >= 4 is 11.6 Å². The Bertz CT molecular complexity index is 390. The van der Waals surface area contributed by atoms with Gasteiger partial charge in [0.05, 0.1) is 12.7 Å². The van der Waals surface area contributed by atoms with Crippen molar-refractivity contribution < 1.29 is 9.84 Å². The number of aliphatic hydroxyl groups excluding tert-OH is 1. The van der Waals surface area contributed by atoms with Crippen LogP contribution in [0.5, 0.6) is 0 Å². The summed E-state index contributed by atoms with van der Waals surface area (Å²) in [5, 5.41) is 13.8. The maximum absolute atomic E-state index is 9.70. The summed E-state index contributed by atoms with van der Waals surface area (Å²) in [4.78, 5) is 2.10. The number of rotatable bonds is 9. The van der Waals surface area contributed by atoms with Crippen molar-refractivity contribution in [2.45, 2.75) is 18.6 Å². The summed E-state index contributed by atoms with van der Waals surface area (Å²) < 4.78 is 4.93. The maximum Gasteiger partial charge on any atom is 0.0899 e. The first-order valence-corrected chi connectivity index (χ1v) is 7.23. The Kier molecular flexibility index (Phi) is 8.11. The lowest BCUT2D eigenvalue weighted by Gasteiger charge is -2.24. The van der Waals surface area contributed by atoms with Gasteiger partial charge in [0.2, 0.25) is 0 Å². The molecular formula is C15H25ClN2O2. The number of benzene rings is 1. The van der Waals surface area contributed by atoms with Crippen molar-refractivity contribution in [2.75, 3.05) is 40.9 Å². The van der Waals surface area contributed by atoms with E-state index in [0.717, 1.165) is 23.6 Å². The van der Waals surface area contributed by atoms with Gasteiger partial charge in [-0.3, -0.25) is 0 Å². The number of nitrogens with zero attached hydrogens (tertiary/aromatic N) is 1. The molecule has 0 radical (unpaired) electrons. The summed E-state index contributed by atoms with van der Waals surface area (Å²) in [6, 6.07) is 8.10. The van der Waals surface area contributed by atoms with Crippen molar-refractivity contribution in [1.29, 1.82) is 0 Å². The zero-order chi connectivity index (χ0) is 15.0. The van der Waals surface area contributed by atoms with Crippen LogP contribution in [0.3, 0.4) is 0 Å². The number of methoxy groups -OCH3 is 1. The minimum atomic E-state index is -0.446. The number of aliphatic hydroxyl groups is 1. The molecule has 1 aromatic carbocycles. The highest BCUT2D eigenvalue weighted by Crippen LogP contribution is 2.24. The first kappa shape index (κ1) is 17.4. The molecule has 0 aliphatic carbocycles. The summed E-state index contributed by atoms with van der Waals surface area (Å²) in [7, 11) is 5.53.